The minimum atomic E-state index is -1.26. The van der Waals surface area contributed by atoms with Gasteiger partial charge in [-0.1, -0.05) is 11.6 Å². The highest BCUT2D eigenvalue weighted by molar-refractivity contribution is 6.17. The zero-order valence-corrected chi connectivity index (χ0v) is 14.1. The van der Waals surface area contributed by atoms with Crippen molar-refractivity contribution in [3.63, 3.8) is 0 Å². The molecule has 0 amide bonds. The first kappa shape index (κ1) is 19.3. The lowest BCUT2D eigenvalue weighted by atomic mass is 9.94. The summed E-state index contributed by atoms with van der Waals surface area (Å²) in [5.41, 5.74) is -0.783. The van der Waals surface area contributed by atoms with E-state index in [0.29, 0.717) is 19.3 Å². The molecule has 0 unspecified atom stereocenters. The van der Waals surface area contributed by atoms with E-state index in [2.05, 4.69) is 4.74 Å². The Morgan fingerprint density at radius 3 is 2.43 bits per heavy atom. The highest BCUT2D eigenvalue weighted by atomic mass is 35.5. The van der Waals surface area contributed by atoms with Gasteiger partial charge in [-0.3, -0.25) is 0 Å². The van der Waals surface area contributed by atoms with E-state index in [0.717, 1.165) is 6.08 Å². The molecule has 1 saturated carbocycles. The van der Waals surface area contributed by atoms with Gasteiger partial charge < -0.3 is 19.3 Å². The Kier molecular flexibility index (Phi) is 6.87. The fourth-order valence-corrected chi connectivity index (χ4v) is 2.50. The zero-order valence-electron chi connectivity index (χ0n) is 13.3. The quantitative estimate of drug-likeness (QED) is 0.463. The number of carbonyl (C=O) groups excluding carboxylic acids is 2. The van der Waals surface area contributed by atoms with Crippen molar-refractivity contribution in [3.05, 3.63) is 11.6 Å². The average molecular weight is 349 g/mol. The second kappa shape index (κ2) is 8.19. The van der Waals surface area contributed by atoms with Gasteiger partial charge in [0, 0.05) is 12.0 Å². The Balaban J connectivity index is 2.95. The number of aliphatic carboxylic acids is 1. The predicted molar refractivity (Wildman–Crippen MR) is 81.0 cm³/mol. The molecular formula is C15H21ClO7. The molecule has 130 valence electrons. The summed E-state index contributed by atoms with van der Waals surface area (Å²) in [7, 11) is 0. The predicted octanol–water partition coefficient (Wildman–Crippen LogP) is 2.86. The fraction of sp³-hybridized carbons (Fsp3) is 0.667. The largest absolute Gasteiger partial charge is 0.509 e. The molecule has 0 bridgehead atoms. The van der Waals surface area contributed by atoms with Gasteiger partial charge in [0.15, 0.2) is 6.07 Å². The summed E-state index contributed by atoms with van der Waals surface area (Å²) in [5.74, 6) is -2.55. The third-order valence-electron chi connectivity index (χ3n) is 3.19. The van der Waals surface area contributed by atoms with Crippen LogP contribution in [0.25, 0.3) is 0 Å². The lowest BCUT2D eigenvalue weighted by Gasteiger charge is -2.25. The first-order chi connectivity index (χ1) is 10.6. The molecule has 0 aromatic carbocycles. The van der Waals surface area contributed by atoms with Crippen LogP contribution in [0.5, 0.6) is 0 Å². The Morgan fingerprint density at radius 1 is 1.26 bits per heavy atom. The van der Waals surface area contributed by atoms with Gasteiger partial charge in [-0.2, -0.15) is 0 Å². The van der Waals surface area contributed by atoms with Crippen LogP contribution in [0.1, 0.15) is 40.0 Å². The maximum Gasteiger partial charge on any atom is 0.509 e. The van der Waals surface area contributed by atoms with Crippen LogP contribution >= 0.6 is 11.6 Å². The first-order valence-electron chi connectivity index (χ1n) is 7.21. The van der Waals surface area contributed by atoms with Gasteiger partial charge in [0.1, 0.15) is 11.7 Å². The highest BCUT2D eigenvalue weighted by Gasteiger charge is 2.38. The average Bonchev–Trinajstić information content (AvgIpc) is 2.81. The topological polar surface area (TPSA) is 99.1 Å². The van der Waals surface area contributed by atoms with Crippen LogP contribution in [0.4, 0.5) is 4.79 Å². The molecule has 1 N–H and O–H groups in total. The lowest BCUT2D eigenvalue weighted by Crippen LogP contribution is -2.31. The van der Waals surface area contributed by atoms with E-state index in [1.54, 1.807) is 20.8 Å². The van der Waals surface area contributed by atoms with Gasteiger partial charge in [-0.05, 0) is 40.0 Å². The number of carbonyl (C=O) groups is 3. The third kappa shape index (κ3) is 6.48. The summed E-state index contributed by atoms with van der Waals surface area (Å²) in [6.07, 6.45) is 0.912. The molecule has 0 aliphatic heterocycles. The number of hydrogen-bond acceptors (Lipinski definition) is 6. The molecule has 1 aliphatic carbocycles. The van der Waals surface area contributed by atoms with E-state index in [-0.39, 0.29) is 11.6 Å². The van der Waals surface area contributed by atoms with Crippen molar-refractivity contribution in [2.45, 2.75) is 51.7 Å². The summed E-state index contributed by atoms with van der Waals surface area (Å²) >= 11 is 5.29. The van der Waals surface area contributed by atoms with E-state index in [1.807, 2.05) is 0 Å². The number of hydrogen-bond donors (Lipinski definition) is 1. The summed E-state index contributed by atoms with van der Waals surface area (Å²) in [4.78, 5) is 34.7. The minimum Gasteiger partial charge on any atom is -0.478 e. The van der Waals surface area contributed by atoms with E-state index >= 15 is 0 Å². The van der Waals surface area contributed by atoms with E-state index in [1.165, 1.54) is 0 Å². The second-order valence-electron chi connectivity index (χ2n) is 6.14. The molecular weight excluding hydrogens is 328 g/mol. The normalized spacial score (nSPS) is 21.7. The smallest absolute Gasteiger partial charge is 0.478 e. The summed E-state index contributed by atoms with van der Waals surface area (Å²) < 4.78 is 14.9. The van der Waals surface area contributed by atoms with Crippen molar-refractivity contribution in [3.8, 4) is 0 Å². The number of rotatable bonds is 5. The van der Waals surface area contributed by atoms with Gasteiger partial charge in [0.25, 0.3) is 0 Å². The molecule has 23 heavy (non-hydrogen) atoms. The Bertz CT molecular complexity index is 493. The number of halogens is 1. The molecule has 0 radical (unpaired) electrons. The molecule has 0 aromatic heterocycles. The monoisotopic (exact) mass is 348 g/mol. The third-order valence-corrected chi connectivity index (χ3v) is 3.29. The molecule has 0 aromatic rings. The van der Waals surface area contributed by atoms with Gasteiger partial charge in [0.2, 0.25) is 0 Å². The first-order valence-corrected chi connectivity index (χ1v) is 7.74. The Morgan fingerprint density at radius 2 is 1.91 bits per heavy atom. The van der Waals surface area contributed by atoms with E-state index < -0.39 is 35.7 Å². The van der Waals surface area contributed by atoms with Crippen LogP contribution in [0.15, 0.2) is 11.6 Å². The molecule has 1 fully saturated rings. The number of carboxylic acids is 1. The van der Waals surface area contributed by atoms with E-state index in [9.17, 15) is 14.4 Å². The van der Waals surface area contributed by atoms with Crippen molar-refractivity contribution in [1.82, 2.24) is 0 Å². The molecule has 8 heteroatoms. The van der Waals surface area contributed by atoms with Crippen LogP contribution in [0.3, 0.4) is 0 Å². The summed E-state index contributed by atoms with van der Waals surface area (Å²) in [6, 6.07) is -0.347. The number of ether oxygens (including phenoxy) is 3. The van der Waals surface area contributed by atoms with Crippen molar-refractivity contribution in [2.24, 2.45) is 5.92 Å². The standard InChI is InChI=1S/C15H21ClO7/c1-15(2,3)23-13(19)10(7-12(17)18)9-5-4-6-11(9)22-14(20)21-8-16/h7,9,11H,4-6,8H2,1-3H3,(H,17,18)/b10-7+/t9-,11-/m0/s1. The highest BCUT2D eigenvalue weighted by Crippen LogP contribution is 2.35. The van der Waals surface area contributed by atoms with Crippen molar-refractivity contribution < 1.29 is 33.7 Å². The van der Waals surface area contributed by atoms with Crippen molar-refractivity contribution in [1.29, 1.82) is 0 Å². The van der Waals surface area contributed by atoms with Crippen LogP contribution in [-0.4, -0.2) is 41.0 Å². The van der Waals surface area contributed by atoms with Crippen LogP contribution in [-0.2, 0) is 23.8 Å². The maximum absolute atomic E-state index is 12.3. The molecule has 0 heterocycles. The number of carboxylic acid groups (broad SMARTS) is 1. The van der Waals surface area contributed by atoms with Crippen LogP contribution in [0.2, 0.25) is 0 Å². The number of esters is 1. The van der Waals surface area contributed by atoms with Crippen LogP contribution in [0, 0.1) is 5.92 Å². The zero-order chi connectivity index (χ0) is 17.6. The minimum absolute atomic E-state index is 0.0198. The van der Waals surface area contributed by atoms with Crippen molar-refractivity contribution in [2.75, 3.05) is 6.07 Å². The SMILES string of the molecule is CC(C)(C)OC(=O)/C(=C/C(=O)O)[C@@H]1CCC[C@@H]1OC(=O)OCCl. The second-order valence-corrected chi connectivity index (χ2v) is 6.36. The van der Waals surface area contributed by atoms with Crippen molar-refractivity contribution >= 4 is 29.7 Å². The van der Waals surface area contributed by atoms with Gasteiger partial charge in [-0.25, -0.2) is 14.4 Å². The number of alkyl halides is 1. The molecule has 1 rings (SSSR count). The molecule has 0 saturated heterocycles. The Hall–Kier alpha value is -1.76. The molecule has 2 atom stereocenters. The fourth-order valence-electron chi connectivity index (χ4n) is 2.41. The summed E-state index contributed by atoms with van der Waals surface area (Å²) in [6.45, 7) is 5.05. The maximum atomic E-state index is 12.3. The Labute approximate surface area is 139 Å². The van der Waals surface area contributed by atoms with Gasteiger partial charge >= 0.3 is 18.1 Å². The van der Waals surface area contributed by atoms with Gasteiger partial charge in [0.05, 0.1) is 5.57 Å². The molecule has 7 nitrogen and oxygen atoms in total. The lowest BCUT2D eigenvalue weighted by molar-refractivity contribution is -0.151. The molecule has 0 spiro atoms. The van der Waals surface area contributed by atoms with Crippen LogP contribution < -0.4 is 0 Å². The van der Waals surface area contributed by atoms with Gasteiger partial charge in [-0.15, -0.1) is 0 Å². The van der Waals surface area contributed by atoms with E-state index in [4.69, 9.17) is 26.2 Å². The summed E-state index contributed by atoms with van der Waals surface area (Å²) in [5, 5.41) is 9.01. The molecule has 1 aliphatic rings.